The van der Waals surface area contributed by atoms with Crippen molar-refractivity contribution in [2.75, 3.05) is 18.0 Å². The first-order valence-corrected chi connectivity index (χ1v) is 8.33. The number of piperidine rings is 1. The van der Waals surface area contributed by atoms with Crippen molar-refractivity contribution >= 4 is 30.5 Å². The molecule has 7 heteroatoms. The number of rotatable bonds is 3. The molecule has 1 saturated carbocycles. The van der Waals surface area contributed by atoms with Gasteiger partial charge in [0.2, 0.25) is 0 Å². The zero-order chi connectivity index (χ0) is 15.5. The van der Waals surface area contributed by atoms with Crippen LogP contribution in [-0.4, -0.2) is 31.2 Å². The van der Waals surface area contributed by atoms with Gasteiger partial charge in [-0.3, -0.25) is 0 Å². The van der Waals surface area contributed by atoms with Gasteiger partial charge in [0.05, 0.1) is 0 Å². The van der Waals surface area contributed by atoms with Crippen molar-refractivity contribution in [3.63, 3.8) is 0 Å². The molecule has 3 nitrogen and oxygen atoms in total. The van der Waals surface area contributed by atoms with Gasteiger partial charge in [-0.05, 0) is 50.7 Å². The van der Waals surface area contributed by atoms with Crippen LogP contribution < -0.4 is 16.0 Å². The molecule has 1 aliphatic carbocycles. The molecule has 0 amide bonds. The van der Waals surface area contributed by atoms with Crippen LogP contribution in [0.1, 0.15) is 38.5 Å². The number of hydrogen-bond acceptors (Lipinski definition) is 3. The van der Waals surface area contributed by atoms with E-state index in [-0.39, 0.29) is 24.8 Å². The molecule has 0 atom stereocenters. The zero-order valence-corrected chi connectivity index (χ0v) is 15.4. The third-order valence-electron chi connectivity index (χ3n) is 5.01. The average molecular weight is 382 g/mol. The lowest BCUT2D eigenvalue weighted by Gasteiger charge is -2.37. The quantitative estimate of drug-likeness (QED) is 0.839. The Bertz CT molecular complexity index is 503. The standard InChI is InChI=1S/C17H25F2N3.2ClH/c18-16-6-5-15(11-17(16)19)22-9-7-14(8-10-22)21-13-3-1-12(20)2-4-13;;/h5-6,11-14,21H,1-4,7-10,20H2;2*1H. The number of halogens is 4. The van der Waals surface area contributed by atoms with Crippen molar-refractivity contribution in [3.05, 3.63) is 29.8 Å². The molecule has 3 rings (SSSR count). The van der Waals surface area contributed by atoms with E-state index in [9.17, 15) is 8.78 Å². The lowest BCUT2D eigenvalue weighted by molar-refractivity contribution is 0.292. The molecule has 0 radical (unpaired) electrons. The molecule has 0 bridgehead atoms. The van der Waals surface area contributed by atoms with Crippen LogP contribution in [-0.2, 0) is 0 Å². The maximum Gasteiger partial charge on any atom is 0.160 e. The van der Waals surface area contributed by atoms with Crippen molar-refractivity contribution in [1.29, 1.82) is 0 Å². The SMILES string of the molecule is Cl.Cl.NC1CCC(NC2CCN(c3ccc(F)c(F)c3)CC2)CC1. The van der Waals surface area contributed by atoms with Crippen LogP contribution >= 0.6 is 24.8 Å². The number of nitrogens with zero attached hydrogens (tertiary/aromatic N) is 1. The van der Waals surface area contributed by atoms with Gasteiger partial charge in [0.15, 0.2) is 11.6 Å². The first kappa shape index (κ1) is 21.4. The van der Waals surface area contributed by atoms with Gasteiger partial charge in [0.1, 0.15) is 0 Å². The molecule has 2 fully saturated rings. The van der Waals surface area contributed by atoms with Gasteiger partial charge >= 0.3 is 0 Å². The van der Waals surface area contributed by atoms with Crippen LogP contribution in [0.4, 0.5) is 14.5 Å². The fraction of sp³-hybridized carbons (Fsp3) is 0.647. The Hall–Kier alpha value is -0.620. The molecule has 2 aliphatic rings. The normalized spacial score (nSPS) is 24.9. The maximum atomic E-state index is 13.3. The number of nitrogens with one attached hydrogen (secondary N) is 1. The highest BCUT2D eigenvalue weighted by molar-refractivity contribution is 5.85. The molecule has 138 valence electrons. The summed E-state index contributed by atoms with van der Waals surface area (Å²) in [7, 11) is 0. The Morgan fingerprint density at radius 2 is 1.46 bits per heavy atom. The summed E-state index contributed by atoms with van der Waals surface area (Å²) in [5.41, 5.74) is 6.72. The number of anilines is 1. The highest BCUT2D eigenvalue weighted by atomic mass is 35.5. The molecule has 1 aromatic rings. The summed E-state index contributed by atoms with van der Waals surface area (Å²) in [6, 6.07) is 5.68. The van der Waals surface area contributed by atoms with Gasteiger partial charge in [-0.25, -0.2) is 8.78 Å². The van der Waals surface area contributed by atoms with Gasteiger partial charge in [-0.2, -0.15) is 0 Å². The number of nitrogens with two attached hydrogens (primary N) is 1. The summed E-state index contributed by atoms with van der Waals surface area (Å²) in [5, 5.41) is 3.75. The van der Waals surface area contributed by atoms with Gasteiger partial charge in [-0.15, -0.1) is 24.8 Å². The van der Waals surface area contributed by atoms with E-state index in [4.69, 9.17) is 5.73 Å². The van der Waals surface area contributed by atoms with E-state index in [0.717, 1.165) is 44.5 Å². The van der Waals surface area contributed by atoms with Crippen LogP contribution in [0.25, 0.3) is 0 Å². The monoisotopic (exact) mass is 381 g/mol. The van der Waals surface area contributed by atoms with Gasteiger partial charge in [0, 0.05) is 43.0 Å². The minimum atomic E-state index is -0.782. The van der Waals surface area contributed by atoms with Crippen LogP contribution in [0.15, 0.2) is 18.2 Å². The molecule has 1 aliphatic heterocycles. The predicted molar refractivity (Wildman–Crippen MR) is 99.5 cm³/mol. The number of hydrogen-bond donors (Lipinski definition) is 2. The molecule has 0 unspecified atom stereocenters. The minimum Gasteiger partial charge on any atom is -0.371 e. The lowest BCUT2D eigenvalue weighted by Crippen LogP contribution is -2.48. The predicted octanol–water partition coefficient (Wildman–Crippen LogP) is 3.64. The van der Waals surface area contributed by atoms with E-state index < -0.39 is 11.6 Å². The second-order valence-corrected chi connectivity index (χ2v) is 6.64. The summed E-state index contributed by atoms with van der Waals surface area (Å²) in [4.78, 5) is 2.14. The fourth-order valence-corrected chi connectivity index (χ4v) is 3.61. The van der Waals surface area contributed by atoms with Crippen LogP contribution in [0.2, 0.25) is 0 Å². The molecule has 0 aromatic heterocycles. The van der Waals surface area contributed by atoms with Crippen LogP contribution in [0, 0.1) is 11.6 Å². The molecule has 3 N–H and O–H groups in total. The van der Waals surface area contributed by atoms with Gasteiger partial charge < -0.3 is 16.0 Å². The van der Waals surface area contributed by atoms with Crippen LogP contribution in [0.5, 0.6) is 0 Å². The first-order valence-electron chi connectivity index (χ1n) is 8.33. The lowest BCUT2D eigenvalue weighted by atomic mass is 9.90. The molecule has 24 heavy (non-hydrogen) atoms. The molecule has 1 saturated heterocycles. The minimum absolute atomic E-state index is 0. The Labute approximate surface area is 155 Å². The first-order chi connectivity index (χ1) is 10.6. The maximum absolute atomic E-state index is 13.3. The van der Waals surface area contributed by atoms with E-state index >= 15 is 0 Å². The summed E-state index contributed by atoms with van der Waals surface area (Å²) in [6.45, 7) is 1.77. The topological polar surface area (TPSA) is 41.3 Å². The van der Waals surface area contributed by atoms with E-state index in [1.807, 2.05) is 0 Å². The van der Waals surface area contributed by atoms with Crippen molar-refractivity contribution in [1.82, 2.24) is 5.32 Å². The second-order valence-electron chi connectivity index (χ2n) is 6.64. The Morgan fingerprint density at radius 1 is 0.875 bits per heavy atom. The van der Waals surface area contributed by atoms with Gasteiger partial charge in [0.25, 0.3) is 0 Å². The fourth-order valence-electron chi connectivity index (χ4n) is 3.61. The third kappa shape index (κ3) is 5.45. The molecule has 1 aromatic carbocycles. The van der Waals surface area contributed by atoms with E-state index in [2.05, 4.69) is 10.2 Å². The van der Waals surface area contributed by atoms with Crippen molar-refractivity contribution in [2.24, 2.45) is 5.73 Å². The molecular weight excluding hydrogens is 355 g/mol. The van der Waals surface area contributed by atoms with Gasteiger partial charge in [-0.1, -0.05) is 0 Å². The highest BCUT2D eigenvalue weighted by Gasteiger charge is 2.24. The summed E-state index contributed by atoms with van der Waals surface area (Å²) in [6.07, 6.45) is 6.66. The smallest absolute Gasteiger partial charge is 0.160 e. The second kappa shape index (κ2) is 9.76. The number of benzene rings is 1. The summed E-state index contributed by atoms with van der Waals surface area (Å²) < 4.78 is 26.3. The summed E-state index contributed by atoms with van der Waals surface area (Å²) in [5.74, 6) is -1.55. The third-order valence-corrected chi connectivity index (χ3v) is 5.01. The summed E-state index contributed by atoms with van der Waals surface area (Å²) >= 11 is 0. The molecule has 1 heterocycles. The molecular formula is C17H27Cl2F2N3. The Kier molecular flexibility index (Phi) is 8.71. The van der Waals surface area contributed by atoms with E-state index in [1.54, 1.807) is 6.07 Å². The Morgan fingerprint density at radius 3 is 2.04 bits per heavy atom. The van der Waals surface area contributed by atoms with E-state index in [0.29, 0.717) is 18.1 Å². The van der Waals surface area contributed by atoms with E-state index in [1.165, 1.54) is 25.0 Å². The van der Waals surface area contributed by atoms with Crippen molar-refractivity contribution in [2.45, 2.75) is 56.7 Å². The van der Waals surface area contributed by atoms with Crippen LogP contribution in [0.3, 0.4) is 0 Å². The van der Waals surface area contributed by atoms with Crippen molar-refractivity contribution < 1.29 is 8.78 Å². The average Bonchev–Trinajstić information content (AvgIpc) is 2.53. The zero-order valence-electron chi connectivity index (χ0n) is 13.7. The van der Waals surface area contributed by atoms with Crippen molar-refractivity contribution in [3.8, 4) is 0 Å². The highest BCUT2D eigenvalue weighted by Crippen LogP contribution is 2.24. The molecule has 0 spiro atoms. The largest absolute Gasteiger partial charge is 0.371 e. The Balaban J connectivity index is 0.00000144.